The van der Waals surface area contributed by atoms with Gasteiger partial charge in [0, 0.05) is 32.8 Å². The lowest BCUT2D eigenvalue weighted by Crippen LogP contribution is -2.56. The summed E-state index contributed by atoms with van der Waals surface area (Å²) < 4.78 is 21.3. The molecule has 8 aliphatic rings. The maximum absolute atomic E-state index is 14.6. The number of hydrogen-bond acceptors (Lipinski definition) is 10. The fourth-order valence-corrected chi connectivity index (χ4v) is 13.7. The Bertz CT molecular complexity index is 3060. The molecule has 4 N–H and O–H groups in total. The van der Waals surface area contributed by atoms with Crippen LogP contribution in [0.2, 0.25) is 0 Å². The third-order valence-corrected chi connectivity index (χ3v) is 17.9. The van der Waals surface area contributed by atoms with E-state index in [2.05, 4.69) is 98.3 Å². The number of imidazole rings is 2. The molecule has 2 aliphatic heterocycles. The number of likely N-dealkylation sites (tertiary alicyclic amines) is 2. The van der Waals surface area contributed by atoms with Gasteiger partial charge in [0.25, 0.3) is 0 Å². The van der Waals surface area contributed by atoms with Gasteiger partial charge in [-0.3, -0.25) is 9.69 Å². The molecule has 0 spiro atoms. The fourth-order valence-electron chi connectivity index (χ4n) is 13.7. The van der Waals surface area contributed by atoms with Crippen molar-refractivity contribution in [2.24, 2.45) is 11.8 Å². The van der Waals surface area contributed by atoms with Gasteiger partial charge in [-0.25, -0.2) is 19.6 Å². The highest BCUT2D eigenvalue weighted by molar-refractivity contribution is 5.88. The Morgan fingerprint density at radius 3 is 1.71 bits per heavy atom. The van der Waals surface area contributed by atoms with Gasteiger partial charge < -0.3 is 44.4 Å². The Morgan fingerprint density at radius 2 is 1.13 bits per heavy atom. The minimum absolute atomic E-state index is 0.0668. The summed E-state index contributed by atoms with van der Waals surface area (Å²) in [6, 6.07) is 26.5. The van der Waals surface area contributed by atoms with Crippen LogP contribution in [0.1, 0.15) is 124 Å². The molecule has 2 aromatic heterocycles. The van der Waals surface area contributed by atoms with Crippen LogP contribution in [-0.2, 0) is 49.4 Å². The number of carbonyl (C=O) groups excluding carboxylic acids is 3. The first-order chi connectivity index (χ1) is 36.5. The maximum atomic E-state index is 14.6. The van der Waals surface area contributed by atoms with E-state index in [1.54, 1.807) is 21.1 Å². The zero-order valence-electron chi connectivity index (χ0n) is 44.5. The molecular formula is C60H74N8O7. The van der Waals surface area contributed by atoms with Crippen molar-refractivity contribution in [1.82, 2.24) is 40.4 Å². The number of nitrogens with zero attached hydrogens (tertiary/aromatic N) is 4. The number of aryl methyl sites for hydroxylation is 4. The monoisotopic (exact) mass is 1020 g/mol. The average Bonchev–Trinajstić information content (AvgIpc) is 4.24. The quantitative estimate of drug-likeness (QED) is 0.0871. The van der Waals surface area contributed by atoms with Crippen molar-refractivity contribution >= 4 is 40.2 Å². The number of ether oxygens (including phenoxy) is 4. The van der Waals surface area contributed by atoms with Gasteiger partial charge in [0.1, 0.15) is 17.7 Å². The van der Waals surface area contributed by atoms with Crippen LogP contribution in [0.25, 0.3) is 44.3 Å². The first-order valence-corrected chi connectivity index (χ1v) is 27.6. The van der Waals surface area contributed by atoms with Crippen LogP contribution in [0.3, 0.4) is 0 Å². The number of nitrogens with one attached hydrogen (secondary N) is 4. The molecule has 3 amide bonds. The standard InChI is InChI=1S/C60H74N8O7/c1-34(72-3)50(65-59(70)74-5)33-67-51-13-9-7-11-42(51)31-53(67)56-61-46-25-23-40(29-48(46)63-56)44-27-36-15-19-38(44)20-16-37-18-22-39(21-17-36)45(28-37)41-24-26-47-49(30-41)64-57(62-47)54-32-43-12-8-10-14-52(43)68(54)58(69)55(35(2)73-4)66-60(71)75-6/h15,18-19,22-30,34-35,42-43,50-55H,7-14,16-17,20-21,31-33H2,1-6H3,(H,61,63)(H,62,64)(H,65,70)(H,66,71). The Morgan fingerprint density at radius 1 is 0.613 bits per heavy atom. The van der Waals surface area contributed by atoms with Crippen LogP contribution in [0.5, 0.6) is 0 Å². The smallest absolute Gasteiger partial charge is 0.407 e. The van der Waals surface area contributed by atoms with E-state index in [0.29, 0.717) is 24.4 Å². The molecule has 4 fully saturated rings. The zero-order valence-corrected chi connectivity index (χ0v) is 44.5. The van der Waals surface area contributed by atoms with E-state index in [9.17, 15) is 14.4 Å². The molecule has 4 aromatic carbocycles. The van der Waals surface area contributed by atoms with E-state index in [4.69, 9.17) is 28.9 Å². The SMILES string of the molecule is COC(=O)NC(CN1C(c2nc3ccc(-c4cc5ccc4CCc4ccc(c(-c6ccc7nc(C8CC9CCCCC9N8C(=O)C(NC(=O)OC)C(C)OC)[nH]c7c6)c4)CC5)cc3[nH]2)CC2CCCCC21)C(C)OC. The van der Waals surface area contributed by atoms with Crippen molar-refractivity contribution in [2.75, 3.05) is 35.0 Å². The highest BCUT2D eigenvalue weighted by Gasteiger charge is 2.49. The molecule has 4 heterocycles. The van der Waals surface area contributed by atoms with Gasteiger partial charge in [0.15, 0.2) is 0 Å². The number of hydrogen-bond donors (Lipinski definition) is 4. The van der Waals surface area contributed by atoms with Crippen LogP contribution in [-0.4, -0.2) is 119 Å². The van der Waals surface area contributed by atoms with Crippen molar-refractivity contribution in [3.8, 4) is 22.3 Å². The van der Waals surface area contributed by atoms with Crippen molar-refractivity contribution in [3.63, 3.8) is 0 Å². The molecule has 2 saturated carbocycles. The Balaban J connectivity index is 0.843. The van der Waals surface area contributed by atoms with Crippen molar-refractivity contribution in [2.45, 2.75) is 152 Å². The minimum atomic E-state index is -0.896. The number of H-pyrrole nitrogens is 2. The molecule has 4 bridgehead atoms. The molecule has 6 aromatic rings. The number of carbonyl (C=O) groups is 3. The number of methoxy groups -OCH3 is 4. The maximum Gasteiger partial charge on any atom is 0.407 e. The van der Waals surface area contributed by atoms with Gasteiger partial charge in [-0.05, 0) is 159 Å². The van der Waals surface area contributed by atoms with E-state index < -0.39 is 24.3 Å². The molecule has 75 heavy (non-hydrogen) atoms. The van der Waals surface area contributed by atoms with Crippen LogP contribution in [0.4, 0.5) is 9.59 Å². The third-order valence-electron chi connectivity index (χ3n) is 17.9. The second-order valence-electron chi connectivity index (χ2n) is 22.1. The summed E-state index contributed by atoms with van der Waals surface area (Å²) >= 11 is 0. The number of aromatic nitrogens is 4. The molecule has 6 aliphatic carbocycles. The lowest BCUT2D eigenvalue weighted by molar-refractivity contribution is -0.140. The second-order valence-corrected chi connectivity index (χ2v) is 22.1. The van der Waals surface area contributed by atoms with Gasteiger partial charge >= 0.3 is 12.2 Å². The minimum Gasteiger partial charge on any atom is -0.453 e. The molecule has 10 atom stereocenters. The summed E-state index contributed by atoms with van der Waals surface area (Å²) in [6.45, 7) is 4.46. The number of amides is 3. The molecule has 15 heteroatoms. The van der Waals surface area contributed by atoms with Crippen LogP contribution < -0.4 is 10.6 Å². The molecule has 0 radical (unpaired) electrons. The van der Waals surface area contributed by atoms with E-state index in [0.717, 1.165) is 110 Å². The molecule has 15 nitrogen and oxygen atoms in total. The molecule has 14 rings (SSSR count). The van der Waals surface area contributed by atoms with Crippen LogP contribution in [0, 0.1) is 11.8 Å². The zero-order chi connectivity index (χ0) is 51.9. The van der Waals surface area contributed by atoms with Crippen LogP contribution in [0.15, 0.2) is 72.8 Å². The summed E-state index contributed by atoms with van der Waals surface area (Å²) in [7, 11) is 5.96. The fraction of sp³-hybridized carbons (Fsp3) is 0.517. The molecular weight excluding hydrogens is 945 g/mol. The summed E-state index contributed by atoms with van der Waals surface area (Å²) in [5.41, 5.74) is 13.8. The average molecular weight is 1020 g/mol. The first-order valence-electron chi connectivity index (χ1n) is 27.6. The van der Waals surface area contributed by atoms with E-state index in [-0.39, 0.29) is 36.2 Å². The van der Waals surface area contributed by atoms with Crippen molar-refractivity contribution in [1.29, 1.82) is 0 Å². The molecule has 2 saturated heterocycles. The topological polar surface area (TPSA) is 176 Å². The third kappa shape index (κ3) is 10.2. The number of aromatic amines is 2. The number of rotatable bonds is 13. The normalized spacial score (nSPS) is 24.2. The summed E-state index contributed by atoms with van der Waals surface area (Å²) in [4.78, 5) is 62.1. The second kappa shape index (κ2) is 21.7. The first kappa shape index (κ1) is 50.8. The number of benzene rings is 4. The Kier molecular flexibility index (Phi) is 14.7. The highest BCUT2D eigenvalue weighted by atomic mass is 16.5. The predicted octanol–water partition coefficient (Wildman–Crippen LogP) is 10.3. The van der Waals surface area contributed by atoms with Gasteiger partial charge in [0.05, 0.1) is 66.6 Å². The van der Waals surface area contributed by atoms with Crippen molar-refractivity contribution < 1.29 is 33.3 Å². The van der Waals surface area contributed by atoms with E-state index >= 15 is 0 Å². The van der Waals surface area contributed by atoms with E-state index in [1.807, 2.05) is 11.8 Å². The van der Waals surface area contributed by atoms with E-state index in [1.165, 1.54) is 72.4 Å². The van der Waals surface area contributed by atoms with Gasteiger partial charge in [-0.15, -0.1) is 0 Å². The lowest BCUT2D eigenvalue weighted by atomic mass is 9.84. The predicted molar refractivity (Wildman–Crippen MR) is 289 cm³/mol. The number of alkyl carbamates (subject to hydrolysis) is 2. The van der Waals surface area contributed by atoms with Crippen molar-refractivity contribution in [3.05, 3.63) is 107 Å². The Labute approximate surface area is 440 Å². The van der Waals surface area contributed by atoms with Gasteiger partial charge in [-0.1, -0.05) is 74.2 Å². The molecule has 396 valence electrons. The Hall–Kier alpha value is -6.29. The lowest BCUT2D eigenvalue weighted by Gasteiger charge is -2.37. The molecule has 10 unspecified atom stereocenters. The number of fused-ring (bicyclic) bond motifs is 4. The largest absolute Gasteiger partial charge is 0.453 e. The summed E-state index contributed by atoms with van der Waals surface area (Å²) in [6.07, 6.45) is 12.6. The van der Waals surface area contributed by atoms with Gasteiger partial charge in [0.2, 0.25) is 5.91 Å². The highest BCUT2D eigenvalue weighted by Crippen LogP contribution is 2.48. The van der Waals surface area contributed by atoms with Gasteiger partial charge in [-0.2, -0.15) is 0 Å². The van der Waals surface area contributed by atoms with Crippen LogP contribution >= 0.6 is 0 Å². The summed E-state index contributed by atoms with van der Waals surface area (Å²) in [5, 5.41) is 5.84. The summed E-state index contributed by atoms with van der Waals surface area (Å²) in [5.74, 6) is 2.55.